The molecular weight excluding hydrogens is 284 g/mol. The number of nitrogens with one attached hydrogen (secondary N) is 1. The predicted molar refractivity (Wildman–Crippen MR) is 77.7 cm³/mol. The summed E-state index contributed by atoms with van der Waals surface area (Å²) in [4.78, 5) is 16.7. The highest BCUT2D eigenvalue weighted by Gasteiger charge is 2.28. The normalized spacial score (nSPS) is 22.7. The molecule has 0 amide bonds. The Morgan fingerprint density at radius 1 is 1.23 bits per heavy atom. The number of hydrogen-bond donors (Lipinski definition) is 1. The first-order valence-electron chi connectivity index (χ1n) is 7.85. The van der Waals surface area contributed by atoms with Crippen molar-refractivity contribution in [1.29, 1.82) is 0 Å². The monoisotopic (exact) mass is 304 g/mol. The summed E-state index contributed by atoms with van der Waals surface area (Å²) in [5, 5.41) is 11.8. The van der Waals surface area contributed by atoms with Gasteiger partial charge in [0, 0.05) is 45.1 Å². The fraction of sp³-hybridized carbons (Fsp3) is 0.714. The van der Waals surface area contributed by atoms with Crippen LogP contribution in [0.25, 0.3) is 0 Å². The largest absolute Gasteiger partial charge is 0.381 e. The maximum atomic E-state index is 12.0. The summed E-state index contributed by atoms with van der Waals surface area (Å²) in [6.07, 6.45) is 3.71. The minimum absolute atomic E-state index is 0.0557. The second kappa shape index (κ2) is 5.35. The van der Waals surface area contributed by atoms with E-state index in [0.717, 1.165) is 56.4 Å². The number of rotatable bonds is 2. The molecule has 22 heavy (non-hydrogen) atoms. The SMILES string of the molecule is Cn1nc2n(c1=O)CC(c1n[nH]c(C3CCOCC3)n1)CC2. The molecule has 0 spiro atoms. The number of aryl methyl sites for hydroxylation is 2. The van der Waals surface area contributed by atoms with E-state index in [9.17, 15) is 4.79 Å². The van der Waals surface area contributed by atoms with Crippen LogP contribution in [0.5, 0.6) is 0 Å². The van der Waals surface area contributed by atoms with Crippen molar-refractivity contribution in [3.8, 4) is 0 Å². The number of nitrogens with zero attached hydrogens (tertiary/aromatic N) is 5. The molecule has 1 fully saturated rings. The van der Waals surface area contributed by atoms with Crippen molar-refractivity contribution < 1.29 is 4.74 Å². The van der Waals surface area contributed by atoms with Gasteiger partial charge < -0.3 is 4.74 Å². The number of H-pyrrole nitrogens is 1. The van der Waals surface area contributed by atoms with Gasteiger partial charge in [0.25, 0.3) is 0 Å². The summed E-state index contributed by atoms with van der Waals surface area (Å²) in [6, 6.07) is 0. The molecule has 2 aromatic rings. The van der Waals surface area contributed by atoms with Gasteiger partial charge in [-0.25, -0.2) is 14.5 Å². The number of ether oxygens (including phenoxy) is 1. The smallest absolute Gasteiger partial charge is 0.345 e. The third-order valence-electron chi connectivity index (χ3n) is 4.70. The first-order valence-corrected chi connectivity index (χ1v) is 7.85. The molecule has 8 heteroatoms. The Bertz CT molecular complexity index is 724. The molecule has 2 aliphatic heterocycles. The fourth-order valence-electron chi connectivity index (χ4n) is 3.37. The number of hydrogen-bond acceptors (Lipinski definition) is 5. The van der Waals surface area contributed by atoms with E-state index in [1.54, 1.807) is 11.6 Å². The van der Waals surface area contributed by atoms with Crippen LogP contribution >= 0.6 is 0 Å². The van der Waals surface area contributed by atoms with E-state index in [1.807, 2.05) is 0 Å². The maximum Gasteiger partial charge on any atom is 0.345 e. The second-order valence-electron chi connectivity index (χ2n) is 6.13. The Morgan fingerprint density at radius 3 is 2.86 bits per heavy atom. The van der Waals surface area contributed by atoms with E-state index in [2.05, 4.69) is 15.3 Å². The minimum Gasteiger partial charge on any atom is -0.381 e. The van der Waals surface area contributed by atoms with Crippen molar-refractivity contribution in [2.24, 2.45) is 7.05 Å². The topological polar surface area (TPSA) is 90.6 Å². The summed E-state index contributed by atoms with van der Waals surface area (Å²) < 4.78 is 8.54. The number of aromatic nitrogens is 6. The van der Waals surface area contributed by atoms with Gasteiger partial charge in [0.2, 0.25) is 0 Å². The van der Waals surface area contributed by atoms with Gasteiger partial charge in [0.15, 0.2) is 5.82 Å². The van der Waals surface area contributed by atoms with Crippen molar-refractivity contribution in [2.75, 3.05) is 13.2 Å². The molecule has 0 bridgehead atoms. The molecule has 2 aliphatic rings. The van der Waals surface area contributed by atoms with Gasteiger partial charge in [-0.15, -0.1) is 0 Å². The van der Waals surface area contributed by atoms with Gasteiger partial charge in [-0.3, -0.25) is 9.67 Å². The van der Waals surface area contributed by atoms with Crippen LogP contribution in [0.1, 0.15) is 48.6 Å². The Kier molecular flexibility index (Phi) is 3.33. The van der Waals surface area contributed by atoms with Crippen LogP contribution in [0.2, 0.25) is 0 Å². The lowest BCUT2D eigenvalue weighted by Gasteiger charge is -2.20. The fourth-order valence-corrected chi connectivity index (χ4v) is 3.37. The average Bonchev–Trinajstić information content (AvgIpc) is 3.14. The van der Waals surface area contributed by atoms with Gasteiger partial charge >= 0.3 is 5.69 Å². The molecule has 1 N–H and O–H groups in total. The van der Waals surface area contributed by atoms with Crippen molar-refractivity contribution >= 4 is 0 Å². The standard InChI is InChI=1S/C14H20N6O2/c1-19-14(21)20-8-10(2-3-11(20)18-19)13-15-12(16-17-13)9-4-6-22-7-5-9/h9-10H,2-8H2,1H3,(H,15,16,17). The van der Waals surface area contributed by atoms with Crippen LogP contribution in [-0.4, -0.2) is 42.7 Å². The highest BCUT2D eigenvalue weighted by atomic mass is 16.5. The zero-order valence-electron chi connectivity index (χ0n) is 12.7. The molecular formula is C14H20N6O2. The summed E-state index contributed by atoms with van der Waals surface area (Å²) in [5.41, 5.74) is -0.0557. The molecule has 2 aromatic heterocycles. The molecule has 0 aromatic carbocycles. The van der Waals surface area contributed by atoms with Crippen LogP contribution in [0.3, 0.4) is 0 Å². The van der Waals surface area contributed by atoms with Gasteiger partial charge in [-0.2, -0.15) is 10.2 Å². The molecule has 4 heterocycles. The van der Waals surface area contributed by atoms with Gasteiger partial charge in [-0.1, -0.05) is 0 Å². The van der Waals surface area contributed by atoms with Crippen LogP contribution in [-0.2, 0) is 24.8 Å². The molecule has 0 aliphatic carbocycles. The van der Waals surface area contributed by atoms with E-state index in [0.29, 0.717) is 12.5 Å². The highest BCUT2D eigenvalue weighted by molar-refractivity contribution is 5.06. The highest BCUT2D eigenvalue weighted by Crippen LogP contribution is 2.28. The van der Waals surface area contributed by atoms with Crippen molar-refractivity contribution in [3.05, 3.63) is 28.0 Å². The summed E-state index contributed by atoms with van der Waals surface area (Å²) >= 11 is 0. The molecule has 118 valence electrons. The molecule has 4 rings (SSSR count). The quantitative estimate of drug-likeness (QED) is 0.863. The zero-order chi connectivity index (χ0) is 15.1. The number of aromatic amines is 1. The molecule has 1 saturated heterocycles. The molecule has 8 nitrogen and oxygen atoms in total. The van der Waals surface area contributed by atoms with Crippen molar-refractivity contribution in [1.82, 2.24) is 29.5 Å². The van der Waals surface area contributed by atoms with E-state index in [4.69, 9.17) is 9.72 Å². The van der Waals surface area contributed by atoms with Crippen LogP contribution in [0.4, 0.5) is 0 Å². The Morgan fingerprint density at radius 2 is 2.05 bits per heavy atom. The predicted octanol–water partition coefficient (Wildman–Crippen LogP) is 0.324. The second-order valence-corrected chi connectivity index (χ2v) is 6.13. The zero-order valence-corrected chi connectivity index (χ0v) is 12.7. The molecule has 0 saturated carbocycles. The van der Waals surface area contributed by atoms with E-state index in [1.165, 1.54) is 4.68 Å². The van der Waals surface area contributed by atoms with Crippen molar-refractivity contribution in [2.45, 2.75) is 44.1 Å². The van der Waals surface area contributed by atoms with E-state index < -0.39 is 0 Å². The van der Waals surface area contributed by atoms with Gasteiger partial charge in [-0.05, 0) is 19.3 Å². The summed E-state index contributed by atoms with van der Waals surface area (Å²) in [7, 11) is 1.69. The third-order valence-corrected chi connectivity index (χ3v) is 4.70. The lowest BCUT2D eigenvalue weighted by molar-refractivity contribution is 0.0836. The van der Waals surface area contributed by atoms with E-state index in [-0.39, 0.29) is 11.6 Å². The van der Waals surface area contributed by atoms with Gasteiger partial charge in [0.1, 0.15) is 11.6 Å². The lowest BCUT2D eigenvalue weighted by Crippen LogP contribution is -2.29. The van der Waals surface area contributed by atoms with Crippen LogP contribution in [0.15, 0.2) is 4.79 Å². The average molecular weight is 304 g/mol. The number of fused-ring (bicyclic) bond motifs is 1. The van der Waals surface area contributed by atoms with Crippen LogP contribution in [0, 0.1) is 0 Å². The minimum atomic E-state index is -0.0557. The summed E-state index contributed by atoms with van der Waals surface area (Å²) in [6.45, 7) is 2.20. The Balaban J connectivity index is 1.55. The van der Waals surface area contributed by atoms with Crippen LogP contribution < -0.4 is 5.69 Å². The van der Waals surface area contributed by atoms with E-state index >= 15 is 0 Å². The van der Waals surface area contributed by atoms with Gasteiger partial charge in [0.05, 0.1) is 0 Å². The molecule has 1 unspecified atom stereocenters. The first-order chi connectivity index (χ1) is 10.7. The first kappa shape index (κ1) is 13.7. The molecule has 1 atom stereocenters. The third kappa shape index (κ3) is 2.27. The summed E-state index contributed by atoms with van der Waals surface area (Å²) in [5.74, 6) is 3.24. The lowest BCUT2D eigenvalue weighted by atomic mass is 9.98. The molecule has 0 radical (unpaired) electrons. The Hall–Kier alpha value is -1.96. The maximum absolute atomic E-state index is 12.0. The Labute approximate surface area is 127 Å². The van der Waals surface area contributed by atoms with Crippen molar-refractivity contribution in [3.63, 3.8) is 0 Å².